The Balaban J connectivity index is 2.10. The molecule has 0 radical (unpaired) electrons. The van der Waals surface area contributed by atoms with Crippen molar-refractivity contribution in [2.75, 3.05) is 18.6 Å². The first-order valence-corrected chi connectivity index (χ1v) is 9.64. The van der Waals surface area contributed by atoms with Crippen molar-refractivity contribution in [2.24, 2.45) is 5.92 Å². The number of rotatable bonds is 4. The summed E-state index contributed by atoms with van der Waals surface area (Å²) >= 11 is 0. The van der Waals surface area contributed by atoms with Crippen LogP contribution in [0.4, 0.5) is 0 Å². The zero-order chi connectivity index (χ0) is 15.6. The second kappa shape index (κ2) is 6.34. The SMILES string of the molecule is CC1C(=O)NC(C2CCCCC2)C(=O)N1CCS(C)(=O)=O. The van der Waals surface area contributed by atoms with Gasteiger partial charge in [-0.05, 0) is 25.7 Å². The first kappa shape index (κ1) is 16.3. The van der Waals surface area contributed by atoms with Crippen LogP contribution in [-0.4, -0.2) is 55.8 Å². The third-order valence-corrected chi connectivity index (χ3v) is 5.44. The average molecular weight is 316 g/mol. The molecule has 2 atom stereocenters. The predicted molar refractivity (Wildman–Crippen MR) is 79.4 cm³/mol. The van der Waals surface area contributed by atoms with Gasteiger partial charge < -0.3 is 10.2 Å². The zero-order valence-electron chi connectivity index (χ0n) is 12.7. The number of carbonyl (C=O) groups excluding carboxylic acids is 2. The predicted octanol–water partition coefficient (Wildman–Crippen LogP) is 0.327. The molecule has 0 spiro atoms. The summed E-state index contributed by atoms with van der Waals surface area (Å²) in [6.45, 7) is 1.74. The highest BCUT2D eigenvalue weighted by Gasteiger charge is 2.41. The maximum atomic E-state index is 12.6. The van der Waals surface area contributed by atoms with Crippen molar-refractivity contribution in [3.8, 4) is 0 Å². The van der Waals surface area contributed by atoms with Crippen molar-refractivity contribution in [3.63, 3.8) is 0 Å². The topological polar surface area (TPSA) is 83.6 Å². The molecule has 2 unspecified atom stereocenters. The van der Waals surface area contributed by atoms with E-state index in [-0.39, 0.29) is 30.0 Å². The van der Waals surface area contributed by atoms with Gasteiger partial charge in [0.15, 0.2) is 0 Å². The third kappa shape index (κ3) is 3.96. The number of nitrogens with zero attached hydrogens (tertiary/aromatic N) is 1. The molecular formula is C14H24N2O4S. The molecule has 21 heavy (non-hydrogen) atoms. The molecular weight excluding hydrogens is 292 g/mol. The normalized spacial score (nSPS) is 28.6. The van der Waals surface area contributed by atoms with Crippen LogP contribution in [0.2, 0.25) is 0 Å². The van der Waals surface area contributed by atoms with Crippen molar-refractivity contribution in [1.29, 1.82) is 0 Å². The molecule has 0 bridgehead atoms. The maximum Gasteiger partial charge on any atom is 0.246 e. The molecule has 1 N–H and O–H groups in total. The van der Waals surface area contributed by atoms with Crippen molar-refractivity contribution in [2.45, 2.75) is 51.1 Å². The van der Waals surface area contributed by atoms with Crippen molar-refractivity contribution < 1.29 is 18.0 Å². The third-order valence-electron chi connectivity index (χ3n) is 4.52. The van der Waals surface area contributed by atoms with Gasteiger partial charge in [0.25, 0.3) is 0 Å². The fraction of sp³-hybridized carbons (Fsp3) is 0.857. The largest absolute Gasteiger partial charge is 0.342 e. The van der Waals surface area contributed by atoms with E-state index in [9.17, 15) is 18.0 Å². The van der Waals surface area contributed by atoms with Crippen LogP contribution in [0.3, 0.4) is 0 Å². The fourth-order valence-corrected chi connectivity index (χ4v) is 3.73. The molecule has 0 aromatic rings. The molecule has 7 heteroatoms. The van der Waals surface area contributed by atoms with Gasteiger partial charge in [0.2, 0.25) is 11.8 Å². The van der Waals surface area contributed by atoms with Gasteiger partial charge >= 0.3 is 0 Å². The van der Waals surface area contributed by atoms with Gasteiger partial charge in [-0.25, -0.2) is 8.42 Å². The number of amides is 2. The standard InChI is InChI=1S/C14H24N2O4S/c1-10-13(17)15-12(11-6-4-3-5-7-11)14(18)16(10)8-9-21(2,19)20/h10-12H,3-9H2,1-2H3,(H,15,17). The van der Waals surface area contributed by atoms with Crippen LogP contribution in [0.15, 0.2) is 0 Å². The zero-order valence-corrected chi connectivity index (χ0v) is 13.5. The molecule has 1 aliphatic carbocycles. The highest BCUT2D eigenvalue weighted by atomic mass is 32.2. The highest BCUT2D eigenvalue weighted by molar-refractivity contribution is 7.90. The van der Waals surface area contributed by atoms with Crippen LogP contribution >= 0.6 is 0 Å². The van der Waals surface area contributed by atoms with Gasteiger partial charge in [-0.1, -0.05) is 19.3 Å². The van der Waals surface area contributed by atoms with Crippen LogP contribution in [0.1, 0.15) is 39.0 Å². The number of hydrogen-bond donors (Lipinski definition) is 1. The number of hydrogen-bond acceptors (Lipinski definition) is 4. The van der Waals surface area contributed by atoms with Crippen LogP contribution < -0.4 is 5.32 Å². The summed E-state index contributed by atoms with van der Waals surface area (Å²) in [4.78, 5) is 26.1. The molecule has 120 valence electrons. The smallest absolute Gasteiger partial charge is 0.246 e. The molecule has 6 nitrogen and oxygen atoms in total. The minimum Gasteiger partial charge on any atom is -0.342 e. The number of sulfone groups is 1. The van der Waals surface area contributed by atoms with Crippen LogP contribution in [0.5, 0.6) is 0 Å². The number of piperazine rings is 1. The summed E-state index contributed by atoms with van der Waals surface area (Å²) < 4.78 is 22.6. The summed E-state index contributed by atoms with van der Waals surface area (Å²) in [6.07, 6.45) is 6.40. The van der Waals surface area contributed by atoms with Gasteiger partial charge in [0.1, 0.15) is 21.9 Å². The summed E-state index contributed by atoms with van der Waals surface area (Å²) in [7, 11) is -3.16. The van der Waals surface area contributed by atoms with Crippen molar-refractivity contribution in [1.82, 2.24) is 10.2 Å². The first-order valence-electron chi connectivity index (χ1n) is 7.58. The lowest BCUT2D eigenvalue weighted by Gasteiger charge is -2.41. The Morgan fingerprint density at radius 3 is 2.38 bits per heavy atom. The van der Waals surface area contributed by atoms with Crippen LogP contribution in [0, 0.1) is 5.92 Å². The van der Waals surface area contributed by atoms with Crippen LogP contribution in [0.25, 0.3) is 0 Å². The Kier molecular flexibility index (Phi) is 4.91. The maximum absolute atomic E-state index is 12.6. The lowest BCUT2D eigenvalue weighted by molar-refractivity contribution is -0.150. The van der Waals surface area contributed by atoms with E-state index in [1.807, 2.05) is 0 Å². The molecule has 0 aromatic carbocycles. The van der Waals surface area contributed by atoms with Gasteiger partial charge in [0.05, 0.1) is 5.75 Å². The van der Waals surface area contributed by atoms with Gasteiger partial charge in [-0.2, -0.15) is 0 Å². The van der Waals surface area contributed by atoms with E-state index < -0.39 is 21.9 Å². The molecule has 2 aliphatic rings. The van der Waals surface area contributed by atoms with Gasteiger partial charge in [0, 0.05) is 12.8 Å². The molecule has 2 rings (SSSR count). The summed E-state index contributed by atoms with van der Waals surface area (Å²) in [5.41, 5.74) is 0. The monoisotopic (exact) mass is 316 g/mol. The van der Waals surface area contributed by atoms with Gasteiger partial charge in [-0.3, -0.25) is 9.59 Å². The number of nitrogens with one attached hydrogen (secondary N) is 1. The number of carbonyl (C=O) groups is 2. The van der Waals surface area contributed by atoms with E-state index in [0.29, 0.717) is 0 Å². The fourth-order valence-electron chi connectivity index (χ4n) is 3.20. The lowest BCUT2D eigenvalue weighted by atomic mass is 9.82. The van der Waals surface area contributed by atoms with E-state index in [1.54, 1.807) is 6.92 Å². The van der Waals surface area contributed by atoms with E-state index in [0.717, 1.165) is 31.9 Å². The second-order valence-electron chi connectivity index (χ2n) is 6.22. The molecule has 1 aliphatic heterocycles. The van der Waals surface area contributed by atoms with Gasteiger partial charge in [-0.15, -0.1) is 0 Å². The van der Waals surface area contributed by atoms with E-state index >= 15 is 0 Å². The van der Waals surface area contributed by atoms with Crippen LogP contribution in [-0.2, 0) is 19.4 Å². The van der Waals surface area contributed by atoms with Crippen molar-refractivity contribution >= 4 is 21.7 Å². The quantitative estimate of drug-likeness (QED) is 0.810. The Bertz CT molecular complexity index is 511. The summed E-state index contributed by atoms with van der Waals surface area (Å²) in [5.74, 6) is -0.229. The first-order chi connectivity index (χ1) is 9.79. The molecule has 2 fully saturated rings. The van der Waals surface area contributed by atoms with Crippen molar-refractivity contribution in [3.05, 3.63) is 0 Å². The Morgan fingerprint density at radius 1 is 1.19 bits per heavy atom. The second-order valence-corrected chi connectivity index (χ2v) is 8.48. The molecule has 1 saturated carbocycles. The Hall–Kier alpha value is -1.11. The van der Waals surface area contributed by atoms with E-state index in [2.05, 4.69) is 5.32 Å². The minimum atomic E-state index is -3.16. The Labute approximate surface area is 126 Å². The molecule has 2 amide bonds. The summed E-state index contributed by atoms with van der Waals surface area (Å²) in [5, 5.41) is 2.83. The molecule has 1 heterocycles. The highest BCUT2D eigenvalue weighted by Crippen LogP contribution is 2.29. The molecule has 1 saturated heterocycles. The van der Waals surface area contributed by atoms with E-state index in [1.165, 1.54) is 11.3 Å². The molecule has 0 aromatic heterocycles. The lowest BCUT2D eigenvalue weighted by Crippen LogP contribution is -2.65. The van der Waals surface area contributed by atoms with E-state index in [4.69, 9.17) is 0 Å². The summed E-state index contributed by atoms with van der Waals surface area (Å²) in [6, 6.07) is -1.08. The average Bonchev–Trinajstić information content (AvgIpc) is 2.42. The Morgan fingerprint density at radius 2 is 1.81 bits per heavy atom. The minimum absolute atomic E-state index is 0.0927.